The van der Waals surface area contributed by atoms with Gasteiger partial charge >= 0.3 is 0 Å². The van der Waals surface area contributed by atoms with Crippen molar-refractivity contribution in [1.29, 1.82) is 0 Å². The second-order valence-corrected chi connectivity index (χ2v) is 6.29. The first-order chi connectivity index (χ1) is 8.57. The van der Waals surface area contributed by atoms with Crippen molar-refractivity contribution in [1.82, 2.24) is 4.72 Å². The largest absolute Gasteiger partial charge is 0.329 e. The van der Waals surface area contributed by atoms with Gasteiger partial charge in [0.05, 0.1) is 5.75 Å². The van der Waals surface area contributed by atoms with Crippen LogP contribution in [0.15, 0.2) is 30.3 Å². The molecule has 1 rings (SSSR count). The fraction of sp³-hybridized carbons (Fsp3) is 0.538. The molecular formula is C13H22N2O2S. The maximum atomic E-state index is 11.8. The first kappa shape index (κ1) is 15.1. The molecular weight excluding hydrogens is 248 g/mol. The van der Waals surface area contributed by atoms with E-state index in [1.54, 1.807) is 0 Å². The number of rotatable bonds is 8. The summed E-state index contributed by atoms with van der Waals surface area (Å²) in [7, 11) is -3.21. The minimum absolute atomic E-state index is 0.175. The molecule has 0 amide bonds. The first-order valence-corrected chi connectivity index (χ1v) is 7.96. The molecule has 0 radical (unpaired) electrons. The Morgan fingerprint density at radius 1 is 1.28 bits per heavy atom. The third-order valence-electron chi connectivity index (χ3n) is 2.72. The Kier molecular flexibility index (Phi) is 6.32. The molecule has 5 heteroatoms. The highest BCUT2D eigenvalue weighted by molar-refractivity contribution is 7.89. The molecule has 1 aromatic rings. The van der Waals surface area contributed by atoms with Crippen molar-refractivity contribution in [3.63, 3.8) is 0 Å². The molecule has 0 heterocycles. The lowest BCUT2D eigenvalue weighted by Gasteiger charge is -2.17. The molecule has 0 aliphatic heterocycles. The molecule has 0 aliphatic carbocycles. The van der Waals surface area contributed by atoms with E-state index in [-0.39, 0.29) is 11.8 Å². The van der Waals surface area contributed by atoms with E-state index in [0.717, 1.165) is 12.0 Å². The third kappa shape index (κ3) is 5.62. The lowest BCUT2D eigenvalue weighted by molar-refractivity contribution is 0.545. The van der Waals surface area contributed by atoms with Crippen molar-refractivity contribution in [3.8, 4) is 0 Å². The highest BCUT2D eigenvalue weighted by Crippen LogP contribution is 2.04. The molecule has 0 bridgehead atoms. The van der Waals surface area contributed by atoms with Gasteiger partial charge in [0.15, 0.2) is 0 Å². The summed E-state index contributed by atoms with van der Waals surface area (Å²) >= 11 is 0. The number of hydrogen-bond acceptors (Lipinski definition) is 3. The van der Waals surface area contributed by atoms with Crippen molar-refractivity contribution in [2.24, 2.45) is 5.73 Å². The summed E-state index contributed by atoms with van der Waals surface area (Å²) in [4.78, 5) is 0. The Balaban J connectivity index is 2.57. The number of nitrogens with two attached hydrogens (primary N) is 1. The summed E-state index contributed by atoms with van der Waals surface area (Å²) < 4.78 is 26.2. The summed E-state index contributed by atoms with van der Waals surface area (Å²) in [6.45, 7) is 2.28. The predicted molar refractivity (Wildman–Crippen MR) is 74.8 cm³/mol. The van der Waals surface area contributed by atoms with Gasteiger partial charge in [-0.3, -0.25) is 0 Å². The quantitative estimate of drug-likeness (QED) is 0.747. The van der Waals surface area contributed by atoms with Crippen LogP contribution < -0.4 is 10.5 Å². The number of hydrogen-bond donors (Lipinski definition) is 2. The summed E-state index contributed by atoms with van der Waals surface area (Å²) in [5.74, 6) is 0.175. The monoisotopic (exact) mass is 270 g/mol. The third-order valence-corrected chi connectivity index (χ3v) is 4.24. The van der Waals surface area contributed by atoms with Gasteiger partial charge in [-0.05, 0) is 18.4 Å². The highest BCUT2D eigenvalue weighted by Gasteiger charge is 2.16. The van der Waals surface area contributed by atoms with Crippen molar-refractivity contribution in [2.45, 2.75) is 32.2 Å². The fourth-order valence-corrected chi connectivity index (χ4v) is 3.19. The Labute approximate surface area is 110 Å². The van der Waals surface area contributed by atoms with Crippen molar-refractivity contribution in [2.75, 3.05) is 12.3 Å². The molecule has 0 aliphatic rings. The van der Waals surface area contributed by atoms with Gasteiger partial charge in [-0.1, -0.05) is 43.7 Å². The van der Waals surface area contributed by atoms with E-state index in [2.05, 4.69) is 4.72 Å². The molecule has 0 saturated heterocycles. The van der Waals surface area contributed by atoms with Crippen molar-refractivity contribution >= 4 is 10.0 Å². The topological polar surface area (TPSA) is 72.2 Å². The van der Waals surface area contributed by atoms with Crippen LogP contribution in [0.1, 0.15) is 25.3 Å². The van der Waals surface area contributed by atoms with Crippen LogP contribution in [0.5, 0.6) is 0 Å². The number of nitrogens with one attached hydrogen (secondary N) is 1. The zero-order valence-electron chi connectivity index (χ0n) is 10.8. The Morgan fingerprint density at radius 3 is 2.50 bits per heavy atom. The van der Waals surface area contributed by atoms with Gasteiger partial charge in [-0.2, -0.15) is 0 Å². The molecule has 0 fully saturated rings. The normalized spacial score (nSPS) is 13.4. The van der Waals surface area contributed by atoms with E-state index < -0.39 is 10.0 Å². The van der Waals surface area contributed by atoms with Gasteiger partial charge in [0.25, 0.3) is 0 Å². The smallest absolute Gasteiger partial charge is 0.211 e. The van der Waals surface area contributed by atoms with Crippen LogP contribution in [-0.2, 0) is 16.4 Å². The average molecular weight is 270 g/mol. The molecule has 3 N–H and O–H groups in total. The lowest BCUT2D eigenvalue weighted by atomic mass is 10.1. The lowest BCUT2D eigenvalue weighted by Crippen LogP contribution is -2.42. The van der Waals surface area contributed by atoms with E-state index in [9.17, 15) is 8.42 Å². The van der Waals surface area contributed by atoms with E-state index in [4.69, 9.17) is 5.73 Å². The van der Waals surface area contributed by atoms with Gasteiger partial charge in [-0.25, -0.2) is 13.1 Å². The van der Waals surface area contributed by atoms with Crippen LogP contribution in [0.3, 0.4) is 0 Å². The van der Waals surface area contributed by atoms with Crippen LogP contribution in [0.4, 0.5) is 0 Å². The molecule has 0 aromatic heterocycles. The molecule has 0 spiro atoms. The molecule has 0 saturated carbocycles. The van der Waals surface area contributed by atoms with Crippen LogP contribution in [-0.4, -0.2) is 26.8 Å². The zero-order valence-corrected chi connectivity index (χ0v) is 11.6. The Bertz CT molecular complexity index is 432. The number of sulfonamides is 1. The molecule has 1 unspecified atom stereocenters. The van der Waals surface area contributed by atoms with Crippen LogP contribution in [0, 0.1) is 0 Å². The van der Waals surface area contributed by atoms with Crippen LogP contribution in [0.25, 0.3) is 0 Å². The standard InChI is InChI=1S/C13H22N2O2S/c1-2-3-9-18(16,17)15-13(11-14)10-12-7-5-4-6-8-12/h4-8,13,15H,2-3,9-11,14H2,1H3. The highest BCUT2D eigenvalue weighted by atomic mass is 32.2. The number of unbranched alkanes of at least 4 members (excludes halogenated alkanes) is 1. The summed E-state index contributed by atoms with van der Waals surface area (Å²) in [5.41, 5.74) is 6.72. The molecule has 4 nitrogen and oxygen atoms in total. The second-order valence-electron chi connectivity index (χ2n) is 4.41. The summed E-state index contributed by atoms with van der Waals surface area (Å²) in [6, 6.07) is 9.54. The average Bonchev–Trinajstić information content (AvgIpc) is 2.36. The minimum Gasteiger partial charge on any atom is -0.329 e. The molecule has 1 aromatic carbocycles. The maximum Gasteiger partial charge on any atom is 0.211 e. The summed E-state index contributed by atoms with van der Waals surface area (Å²) in [5, 5.41) is 0. The first-order valence-electron chi connectivity index (χ1n) is 6.31. The Hall–Kier alpha value is -0.910. The van der Waals surface area contributed by atoms with E-state index in [1.165, 1.54) is 0 Å². The summed E-state index contributed by atoms with van der Waals surface area (Å²) in [6.07, 6.45) is 2.17. The SMILES string of the molecule is CCCCS(=O)(=O)NC(CN)Cc1ccccc1. The van der Waals surface area contributed by atoms with Gasteiger partial charge in [0.2, 0.25) is 10.0 Å². The second kappa shape index (κ2) is 7.51. The maximum absolute atomic E-state index is 11.8. The molecule has 1 atom stereocenters. The molecule has 102 valence electrons. The van der Waals surface area contributed by atoms with Gasteiger partial charge in [-0.15, -0.1) is 0 Å². The van der Waals surface area contributed by atoms with Gasteiger partial charge in [0.1, 0.15) is 0 Å². The van der Waals surface area contributed by atoms with Gasteiger partial charge in [0, 0.05) is 12.6 Å². The zero-order chi connectivity index (χ0) is 13.4. The minimum atomic E-state index is -3.21. The number of benzene rings is 1. The molecule has 18 heavy (non-hydrogen) atoms. The van der Waals surface area contributed by atoms with Gasteiger partial charge < -0.3 is 5.73 Å². The van der Waals surface area contributed by atoms with Crippen LogP contribution >= 0.6 is 0 Å². The van der Waals surface area contributed by atoms with E-state index >= 15 is 0 Å². The van der Waals surface area contributed by atoms with Crippen LogP contribution in [0.2, 0.25) is 0 Å². The predicted octanol–water partition coefficient (Wildman–Crippen LogP) is 1.28. The Morgan fingerprint density at radius 2 is 1.94 bits per heavy atom. The van der Waals surface area contributed by atoms with E-state index in [1.807, 2.05) is 37.3 Å². The van der Waals surface area contributed by atoms with Crippen molar-refractivity contribution < 1.29 is 8.42 Å². The van der Waals surface area contributed by atoms with Crippen molar-refractivity contribution in [3.05, 3.63) is 35.9 Å². The van der Waals surface area contributed by atoms with E-state index in [0.29, 0.717) is 19.4 Å². The fourth-order valence-electron chi connectivity index (χ4n) is 1.72.